The SMILES string of the molecule is COCCOc1cccc(/C=C/C(=O)c2ccc(OC(F)F)c(OC)c2)c1. The minimum atomic E-state index is -2.97. The van der Waals surface area contributed by atoms with E-state index >= 15 is 0 Å². The molecule has 7 heteroatoms. The topological polar surface area (TPSA) is 54.0 Å². The summed E-state index contributed by atoms with van der Waals surface area (Å²) in [5.74, 6) is 0.288. The normalized spacial score (nSPS) is 11.0. The molecule has 0 spiro atoms. The highest BCUT2D eigenvalue weighted by Gasteiger charge is 2.13. The van der Waals surface area contributed by atoms with Crippen molar-refractivity contribution in [3.63, 3.8) is 0 Å². The number of alkyl halides is 2. The first-order valence-electron chi connectivity index (χ1n) is 8.10. The summed E-state index contributed by atoms with van der Waals surface area (Å²) in [4.78, 5) is 12.3. The van der Waals surface area contributed by atoms with Crippen molar-refractivity contribution in [1.29, 1.82) is 0 Å². The fourth-order valence-electron chi connectivity index (χ4n) is 2.23. The summed E-state index contributed by atoms with van der Waals surface area (Å²) in [7, 11) is 2.90. The molecule has 0 aliphatic carbocycles. The van der Waals surface area contributed by atoms with Crippen molar-refractivity contribution in [2.24, 2.45) is 0 Å². The third-order valence-electron chi connectivity index (χ3n) is 3.51. The predicted octanol–water partition coefficient (Wildman–Crippen LogP) is 4.22. The van der Waals surface area contributed by atoms with Gasteiger partial charge in [-0.25, -0.2) is 0 Å². The average Bonchev–Trinajstić information content (AvgIpc) is 2.66. The highest BCUT2D eigenvalue weighted by atomic mass is 19.3. The molecule has 2 aromatic rings. The van der Waals surface area contributed by atoms with E-state index in [9.17, 15) is 13.6 Å². The van der Waals surface area contributed by atoms with Crippen molar-refractivity contribution in [3.8, 4) is 17.2 Å². The van der Waals surface area contributed by atoms with Gasteiger partial charge in [-0.1, -0.05) is 18.2 Å². The fourth-order valence-corrected chi connectivity index (χ4v) is 2.23. The molecule has 2 aromatic carbocycles. The Balaban J connectivity index is 2.09. The molecule has 0 saturated heterocycles. The van der Waals surface area contributed by atoms with Crippen LogP contribution in [0.5, 0.6) is 17.2 Å². The summed E-state index contributed by atoms with van der Waals surface area (Å²) in [6.07, 6.45) is 3.03. The maximum absolute atomic E-state index is 12.4. The van der Waals surface area contributed by atoms with Crippen LogP contribution in [0.25, 0.3) is 6.08 Å². The number of benzene rings is 2. The second-order valence-electron chi connectivity index (χ2n) is 5.36. The zero-order valence-electron chi connectivity index (χ0n) is 15.0. The number of allylic oxidation sites excluding steroid dienone is 1. The van der Waals surface area contributed by atoms with Gasteiger partial charge in [0, 0.05) is 12.7 Å². The largest absolute Gasteiger partial charge is 0.493 e. The van der Waals surface area contributed by atoms with Gasteiger partial charge in [0.25, 0.3) is 0 Å². The molecular formula is C20H20F2O5. The van der Waals surface area contributed by atoms with Gasteiger partial charge in [-0.15, -0.1) is 0 Å². The van der Waals surface area contributed by atoms with Crippen molar-refractivity contribution in [3.05, 3.63) is 59.7 Å². The van der Waals surface area contributed by atoms with Crippen molar-refractivity contribution in [2.75, 3.05) is 27.4 Å². The van der Waals surface area contributed by atoms with Crippen LogP contribution >= 0.6 is 0 Å². The van der Waals surface area contributed by atoms with Crippen molar-refractivity contribution in [1.82, 2.24) is 0 Å². The van der Waals surface area contributed by atoms with Crippen LogP contribution < -0.4 is 14.2 Å². The summed E-state index contributed by atoms with van der Waals surface area (Å²) in [5.41, 5.74) is 1.07. The number of rotatable bonds is 10. The minimum absolute atomic E-state index is 0.0584. The fraction of sp³-hybridized carbons (Fsp3) is 0.250. The van der Waals surface area contributed by atoms with E-state index in [1.165, 1.54) is 31.4 Å². The Hall–Kier alpha value is -2.93. The Bertz CT molecular complexity index is 790. The zero-order valence-corrected chi connectivity index (χ0v) is 15.0. The second-order valence-corrected chi connectivity index (χ2v) is 5.36. The van der Waals surface area contributed by atoms with Gasteiger partial charge in [0.15, 0.2) is 17.3 Å². The van der Waals surface area contributed by atoms with E-state index in [4.69, 9.17) is 14.2 Å². The minimum Gasteiger partial charge on any atom is -0.493 e. The molecule has 0 heterocycles. The van der Waals surface area contributed by atoms with E-state index in [1.54, 1.807) is 25.3 Å². The third-order valence-corrected chi connectivity index (χ3v) is 3.51. The highest BCUT2D eigenvalue weighted by Crippen LogP contribution is 2.29. The van der Waals surface area contributed by atoms with E-state index in [0.717, 1.165) is 5.56 Å². The van der Waals surface area contributed by atoms with Gasteiger partial charge in [0.2, 0.25) is 0 Å². The summed E-state index contributed by atoms with van der Waals surface area (Å²) in [5, 5.41) is 0. The summed E-state index contributed by atoms with van der Waals surface area (Å²) >= 11 is 0. The van der Waals surface area contributed by atoms with E-state index in [-0.39, 0.29) is 22.8 Å². The maximum Gasteiger partial charge on any atom is 0.387 e. The molecule has 0 aliphatic heterocycles. The number of ketones is 1. The molecule has 144 valence electrons. The lowest BCUT2D eigenvalue weighted by molar-refractivity contribution is -0.0512. The Morgan fingerprint density at radius 2 is 1.89 bits per heavy atom. The highest BCUT2D eigenvalue weighted by molar-refractivity contribution is 6.07. The monoisotopic (exact) mass is 378 g/mol. The standard InChI is InChI=1S/C20H20F2O5/c1-24-10-11-26-16-5-3-4-14(12-16)6-8-17(23)15-7-9-18(27-20(21)22)19(13-15)25-2/h3-9,12-13,20H,10-11H2,1-2H3/b8-6+. The van der Waals surface area contributed by atoms with Crippen molar-refractivity contribution in [2.45, 2.75) is 6.61 Å². The van der Waals surface area contributed by atoms with Crippen LogP contribution in [0.3, 0.4) is 0 Å². The first-order chi connectivity index (χ1) is 13.0. The molecule has 0 fully saturated rings. The molecule has 0 aliphatic rings. The Morgan fingerprint density at radius 3 is 2.59 bits per heavy atom. The second kappa shape index (κ2) is 10.3. The van der Waals surface area contributed by atoms with Crippen LogP contribution in [0.1, 0.15) is 15.9 Å². The molecule has 5 nitrogen and oxygen atoms in total. The van der Waals surface area contributed by atoms with Gasteiger partial charge in [0.1, 0.15) is 12.4 Å². The molecule has 0 unspecified atom stereocenters. The zero-order chi connectivity index (χ0) is 19.6. The summed E-state index contributed by atoms with van der Waals surface area (Å²) in [6.45, 7) is -2.07. The lowest BCUT2D eigenvalue weighted by atomic mass is 10.1. The van der Waals surface area contributed by atoms with Gasteiger partial charge in [-0.3, -0.25) is 4.79 Å². The number of carbonyl (C=O) groups is 1. The Kier molecular flexibility index (Phi) is 7.76. The summed E-state index contributed by atoms with van der Waals surface area (Å²) < 4.78 is 44.5. The molecule has 2 rings (SSSR count). The van der Waals surface area contributed by atoms with Crippen LogP contribution in [0, 0.1) is 0 Å². The van der Waals surface area contributed by atoms with Crippen molar-refractivity contribution >= 4 is 11.9 Å². The Morgan fingerprint density at radius 1 is 1.07 bits per heavy atom. The number of hydrogen-bond donors (Lipinski definition) is 0. The van der Waals surface area contributed by atoms with Gasteiger partial charge >= 0.3 is 6.61 Å². The Labute approximate surface area is 156 Å². The third kappa shape index (κ3) is 6.38. The predicted molar refractivity (Wildman–Crippen MR) is 96.8 cm³/mol. The first-order valence-corrected chi connectivity index (χ1v) is 8.10. The molecule has 0 bridgehead atoms. The van der Waals surface area contributed by atoms with Gasteiger partial charge in [-0.05, 0) is 42.0 Å². The van der Waals surface area contributed by atoms with Gasteiger partial charge in [-0.2, -0.15) is 8.78 Å². The van der Waals surface area contributed by atoms with Crippen LogP contribution in [0.4, 0.5) is 8.78 Å². The molecule has 0 aromatic heterocycles. The average molecular weight is 378 g/mol. The van der Waals surface area contributed by atoms with Crippen LogP contribution in [0.2, 0.25) is 0 Å². The number of hydrogen-bond acceptors (Lipinski definition) is 5. The number of ether oxygens (including phenoxy) is 4. The number of carbonyl (C=O) groups excluding carboxylic acids is 1. The van der Waals surface area contributed by atoms with E-state index in [1.807, 2.05) is 12.1 Å². The van der Waals surface area contributed by atoms with E-state index in [2.05, 4.69) is 4.74 Å². The van der Waals surface area contributed by atoms with Crippen LogP contribution in [-0.2, 0) is 4.74 Å². The quantitative estimate of drug-likeness (QED) is 0.352. The molecule has 0 amide bonds. The first kappa shape index (κ1) is 20.4. The molecule has 0 atom stereocenters. The number of halogens is 2. The van der Waals surface area contributed by atoms with Crippen LogP contribution in [0.15, 0.2) is 48.5 Å². The molecule has 0 N–H and O–H groups in total. The molecule has 0 saturated carbocycles. The van der Waals surface area contributed by atoms with Gasteiger partial charge < -0.3 is 18.9 Å². The summed E-state index contributed by atoms with van der Waals surface area (Å²) in [6, 6.07) is 11.3. The van der Waals surface area contributed by atoms with Crippen molar-refractivity contribution < 1.29 is 32.5 Å². The van der Waals surface area contributed by atoms with Crippen LogP contribution in [-0.4, -0.2) is 39.8 Å². The number of methoxy groups -OCH3 is 2. The lowest BCUT2D eigenvalue weighted by Crippen LogP contribution is -2.04. The van der Waals surface area contributed by atoms with E-state index < -0.39 is 6.61 Å². The lowest BCUT2D eigenvalue weighted by Gasteiger charge is -2.10. The smallest absolute Gasteiger partial charge is 0.387 e. The molecule has 0 radical (unpaired) electrons. The van der Waals surface area contributed by atoms with Gasteiger partial charge in [0.05, 0.1) is 13.7 Å². The molecular weight excluding hydrogens is 358 g/mol. The van der Waals surface area contributed by atoms with E-state index in [0.29, 0.717) is 19.0 Å². The molecule has 27 heavy (non-hydrogen) atoms. The maximum atomic E-state index is 12.4.